The first-order valence-corrected chi connectivity index (χ1v) is 10.1. The number of furan rings is 1. The van der Waals surface area contributed by atoms with Crippen LogP contribution in [0.3, 0.4) is 0 Å². The van der Waals surface area contributed by atoms with E-state index < -0.39 is 0 Å². The van der Waals surface area contributed by atoms with Crippen molar-refractivity contribution in [2.24, 2.45) is 0 Å². The highest BCUT2D eigenvalue weighted by molar-refractivity contribution is 7.14. The second-order valence-corrected chi connectivity index (χ2v) is 7.34. The van der Waals surface area contributed by atoms with Gasteiger partial charge in [-0.15, -0.1) is 11.3 Å². The van der Waals surface area contributed by atoms with Crippen molar-refractivity contribution < 1.29 is 14.0 Å². The van der Waals surface area contributed by atoms with E-state index in [-0.39, 0.29) is 24.2 Å². The van der Waals surface area contributed by atoms with Crippen molar-refractivity contribution in [1.29, 1.82) is 0 Å². The van der Waals surface area contributed by atoms with Gasteiger partial charge in [0.25, 0.3) is 5.91 Å². The van der Waals surface area contributed by atoms with Crippen molar-refractivity contribution in [2.75, 3.05) is 11.9 Å². The first-order chi connectivity index (χ1) is 13.6. The zero-order valence-electron chi connectivity index (χ0n) is 15.9. The van der Waals surface area contributed by atoms with E-state index in [1.807, 2.05) is 18.2 Å². The van der Waals surface area contributed by atoms with Crippen molar-refractivity contribution >= 4 is 28.3 Å². The van der Waals surface area contributed by atoms with Gasteiger partial charge in [-0.2, -0.15) is 0 Å². The number of amides is 2. The molecule has 2 N–H and O–H groups in total. The third kappa shape index (κ3) is 5.07. The SMILES string of the molecule is CC[C@H](CNC(=O)Cc1csc(NC(=O)c2ccoc2C)n1)c1ccccc1. The van der Waals surface area contributed by atoms with Crippen LogP contribution in [-0.4, -0.2) is 23.3 Å². The first kappa shape index (κ1) is 19.8. The molecule has 1 aromatic carbocycles. The lowest BCUT2D eigenvalue weighted by Gasteiger charge is -2.16. The molecule has 1 atom stereocenters. The maximum atomic E-state index is 12.3. The molecule has 7 heteroatoms. The van der Waals surface area contributed by atoms with Gasteiger partial charge in [-0.1, -0.05) is 37.3 Å². The molecule has 3 aromatic rings. The number of aromatic nitrogens is 1. The lowest BCUT2D eigenvalue weighted by Crippen LogP contribution is -2.29. The Kier molecular flexibility index (Phi) is 6.60. The van der Waals surface area contributed by atoms with Gasteiger partial charge < -0.3 is 9.73 Å². The second kappa shape index (κ2) is 9.32. The summed E-state index contributed by atoms with van der Waals surface area (Å²) < 4.78 is 5.14. The van der Waals surface area contributed by atoms with Crippen molar-refractivity contribution in [1.82, 2.24) is 10.3 Å². The molecule has 28 heavy (non-hydrogen) atoms. The summed E-state index contributed by atoms with van der Waals surface area (Å²) in [5.41, 5.74) is 2.33. The van der Waals surface area contributed by atoms with E-state index in [2.05, 4.69) is 34.7 Å². The number of carbonyl (C=O) groups is 2. The number of hydrogen-bond acceptors (Lipinski definition) is 5. The number of nitrogens with zero attached hydrogens (tertiary/aromatic N) is 1. The minimum absolute atomic E-state index is 0.0803. The van der Waals surface area contributed by atoms with Crippen LogP contribution in [0.25, 0.3) is 0 Å². The van der Waals surface area contributed by atoms with Crippen molar-refractivity contribution in [3.05, 3.63) is 70.6 Å². The number of aryl methyl sites for hydroxylation is 1. The molecule has 0 aliphatic carbocycles. The summed E-state index contributed by atoms with van der Waals surface area (Å²) in [6, 6.07) is 11.8. The molecule has 0 spiro atoms. The molecule has 0 radical (unpaired) electrons. The van der Waals surface area contributed by atoms with E-state index in [1.54, 1.807) is 18.4 Å². The van der Waals surface area contributed by atoms with Gasteiger partial charge in [0.05, 0.1) is 23.9 Å². The zero-order chi connectivity index (χ0) is 19.9. The molecule has 146 valence electrons. The smallest absolute Gasteiger partial charge is 0.260 e. The highest BCUT2D eigenvalue weighted by Crippen LogP contribution is 2.20. The van der Waals surface area contributed by atoms with Crippen LogP contribution in [0.5, 0.6) is 0 Å². The summed E-state index contributed by atoms with van der Waals surface area (Å²) in [5.74, 6) is 0.486. The van der Waals surface area contributed by atoms with Gasteiger partial charge in [-0.25, -0.2) is 4.98 Å². The fourth-order valence-electron chi connectivity index (χ4n) is 2.92. The number of benzene rings is 1. The largest absolute Gasteiger partial charge is 0.469 e. The number of hydrogen-bond donors (Lipinski definition) is 2. The summed E-state index contributed by atoms with van der Waals surface area (Å²) >= 11 is 1.30. The average Bonchev–Trinajstić information content (AvgIpc) is 3.31. The van der Waals surface area contributed by atoms with Crippen LogP contribution in [0, 0.1) is 6.92 Å². The van der Waals surface area contributed by atoms with Crippen molar-refractivity contribution in [3.63, 3.8) is 0 Å². The van der Waals surface area contributed by atoms with Gasteiger partial charge in [0.2, 0.25) is 5.91 Å². The Morgan fingerprint density at radius 1 is 1.21 bits per heavy atom. The topological polar surface area (TPSA) is 84.2 Å². The quantitative estimate of drug-likeness (QED) is 0.598. The summed E-state index contributed by atoms with van der Waals surface area (Å²) in [6.45, 7) is 4.43. The number of thiazole rings is 1. The third-order valence-electron chi connectivity index (χ3n) is 4.53. The minimum Gasteiger partial charge on any atom is -0.469 e. The number of rotatable bonds is 8. The zero-order valence-corrected chi connectivity index (χ0v) is 16.7. The Hall–Kier alpha value is -2.93. The Balaban J connectivity index is 1.51. The van der Waals surface area contributed by atoms with Gasteiger partial charge in [0, 0.05) is 17.8 Å². The molecular weight excluding hydrogens is 374 g/mol. The summed E-state index contributed by atoms with van der Waals surface area (Å²) in [5, 5.41) is 7.97. The Bertz CT molecular complexity index is 933. The Labute approximate surface area is 168 Å². The lowest BCUT2D eigenvalue weighted by atomic mass is 9.96. The first-order valence-electron chi connectivity index (χ1n) is 9.18. The molecule has 0 saturated heterocycles. The maximum Gasteiger partial charge on any atom is 0.260 e. The van der Waals surface area contributed by atoms with Gasteiger partial charge >= 0.3 is 0 Å². The monoisotopic (exact) mass is 397 g/mol. The lowest BCUT2D eigenvalue weighted by molar-refractivity contribution is -0.120. The Morgan fingerprint density at radius 2 is 2.00 bits per heavy atom. The van der Waals surface area contributed by atoms with E-state index in [1.165, 1.54) is 23.2 Å². The van der Waals surface area contributed by atoms with E-state index in [0.29, 0.717) is 28.7 Å². The molecule has 0 bridgehead atoms. The molecule has 0 aliphatic rings. The van der Waals surface area contributed by atoms with Crippen LogP contribution >= 0.6 is 11.3 Å². The average molecular weight is 398 g/mol. The van der Waals surface area contributed by atoms with Crippen LogP contribution in [0.2, 0.25) is 0 Å². The van der Waals surface area contributed by atoms with Crippen LogP contribution in [0.1, 0.15) is 46.6 Å². The highest BCUT2D eigenvalue weighted by atomic mass is 32.1. The molecule has 0 fully saturated rings. The molecular formula is C21H23N3O3S. The number of carbonyl (C=O) groups excluding carboxylic acids is 2. The summed E-state index contributed by atoms with van der Waals surface area (Å²) in [7, 11) is 0. The summed E-state index contributed by atoms with van der Waals surface area (Å²) in [6.07, 6.45) is 2.60. The highest BCUT2D eigenvalue weighted by Gasteiger charge is 2.15. The Morgan fingerprint density at radius 3 is 2.68 bits per heavy atom. The van der Waals surface area contributed by atoms with Crippen molar-refractivity contribution in [2.45, 2.75) is 32.6 Å². The van der Waals surface area contributed by atoms with Gasteiger partial charge in [-0.3, -0.25) is 14.9 Å². The molecule has 2 aromatic heterocycles. The standard InChI is InChI=1S/C21H23N3O3S/c1-3-15(16-7-5-4-6-8-16)12-22-19(25)11-17-13-28-21(23-17)24-20(26)18-9-10-27-14(18)2/h4-10,13,15H,3,11-12H2,1-2H3,(H,22,25)(H,23,24,26)/t15-/m1/s1. The normalized spacial score (nSPS) is 11.8. The van der Waals surface area contributed by atoms with E-state index >= 15 is 0 Å². The molecule has 3 rings (SSSR count). The van der Waals surface area contributed by atoms with Gasteiger partial charge in [-0.05, 0) is 25.0 Å². The minimum atomic E-state index is -0.273. The maximum absolute atomic E-state index is 12.3. The second-order valence-electron chi connectivity index (χ2n) is 6.49. The third-order valence-corrected chi connectivity index (χ3v) is 5.33. The predicted molar refractivity (Wildman–Crippen MR) is 110 cm³/mol. The predicted octanol–water partition coefficient (Wildman–Crippen LogP) is 4.15. The van der Waals surface area contributed by atoms with E-state index in [9.17, 15) is 9.59 Å². The van der Waals surface area contributed by atoms with Gasteiger partial charge in [0.1, 0.15) is 5.76 Å². The number of anilines is 1. The fourth-order valence-corrected chi connectivity index (χ4v) is 3.62. The molecule has 2 heterocycles. The van der Waals surface area contributed by atoms with Crippen molar-refractivity contribution in [3.8, 4) is 0 Å². The van der Waals surface area contributed by atoms with Crippen LogP contribution < -0.4 is 10.6 Å². The fraction of sp³-hybridized carbons (Fsp3) is 0.286. The molecule has 6 nitrogen and oxygen atoms in total. The summed E-state index contributed by atoms with van der Waals surface area (Å²) in [4.78, 5) is 28.8. The van der Waals surface area contributed by atoms with Gasteiger partial charge in [0.15, 0.2) is 5.13 Å². The van der Waals surface area contributed by atoms with Crippen LogP contribution in [0.4, 0.5) is 5.13 Å². The van der Waals surface area contributed by atoms with Crippen LogP contribution in [-0.2, 0) is 11.2 Å². The van der Waals surface area contributed by atoms with Crippen LogP contribution in [0.15, 0.2) is 52.5 Å². The number of nitrogens with one attached hydrogen (secondary N) is 2. The molecule has 0 aliphatic heterocycles. The molecule has 2 amide bonds. The van der Waals surface area contributed by atoms with E-state index in [0.717, 1.165) is 6.42 Å². The molecule has 0 saturated carbocycles. The van der Waals surface area contributed by atoms with E-state index in [4.69, 9.17) is 4.42 Å². The molecule has 0 unspecified atom stereocenters.